The number of benzene rings is 2. The molecule has 1 aromatic heterocycles. The maximum absolute atomic E-state index is 13.6. The van der Waals surface area contributed by atoms with Gasteiger partial charge in [0, 0.05) is 33.2 Å². The Morgan fingerprint density at radius 2 is 1.87 bits per heavy atom. The standard InChI is InChI=1S/C28H31BrCl2N4O2S/c1-16-33-21(15-23(36)35(16)22-7-5-6-20(30)25(22)31)24-18-9-8-17(29)14-19(18)26(34-38(37)27(2,3)4)28(24)10-12-32-13-11-28/h5-9,14-15,24,26,32,34H,10-13H2,1-4H3/t24-,26?,38?/m1/s1. The van der Waals surface area contributed by atoms with Gasteiger partial charge in [0.1, 0.15) is 10.6 Å². The normalized spacial score (nSPS) is 21.5. The maximum Gasteiger partial charge on any atom is 0.258 e. The van der Waals surface area contributed by atoms with E-state index in [0.717, 1.165) is 47.2 Å². The first-order valence-corrected chi connectivity index (χ1v) is 15.4. The van der Waals surface area contributed by atoms with Gasteiger partial charge in [-0.05, 0) is 89.0 Å². The molecule has 1 aliphatic carbocycles. The molecule has 2 heterocycles. The van der Waals surface area contributed by atoms with Crippen molar-refractivity contribution in [1.82, 2.24) is 19.6 Å². The molecule has 202 valence electrons. The highest BCUT2D eigenvalue weighted by atomic mass is 79.9. The van der Waals surface area contributed by atoms with Crippen LogP contribution in [0.1, 0.15) is 68.2 Å². The van der Waals surface area contributed by atoms with Crippen molar-refractivity contribution in [1.29, 1.82) is 0 Å². The first-order chi connectivity index (χ1) is 17.9. The second-order valence-corrected chi connectivity index (χ2v) is 14.8. The number of nitrogens with one attached hydrogen (secondary N) is 2. The summed E-state index contributed by atoms with van der Waals surface area (Å²) in [6.07, 6.45) is 1.71. The van der Waals surface area contributed by atoms with E-state index in [1.165, 1.54) is 4.57 Å². The van der Waals surface area contributed by atoms with Crippen molar-refractivity contribution in [2.45, 2.75) is 57.2 Å². The SMILES string of the molecule is Cc1nc([C@H]2c3ccc(Br)cc3C(N[S+]([O-])C(C)(C)C)C23CCNCC3)cc(=O)n1-c1cccc(Cl)c1Cl. The van der Waals surface area contributed by atoms with Crippen molar-refractivity contribution in [2.75, 3.05) is 13.1 Å². The van der Waals surface area contributed by atoms with Crippen LogP contribution < -0.4 is 15.6 Å². The van der Waals surface area contributed by atoms with Gasteiger partial charge in [0.05, 0.1) is 27.5 Å². The predicted octanol–water partition coefficient (Wildman–Crippen LogP) is 6.22. The second kappa shape index (κ2) is 10.5. The van der Waals surface area contributed by atoms with E-state index in [9.17, 15) is 9.35 Å². The first kappa shape index (κ1) is 28.1. The summed E-state index contributed by atoms with van der Waals surface area (Å²) >= 11 is 15.1. The van der Waals surface area contributed by atoms with Crippen LogP contribution in [0.2, 0.25) is 10.0 Å². The fourth-order valence-corrected chi connectivity index (χ4v) is 7.65. The summed E-state index contributed by atoms with van der Waals surface area (Å²) in [5.74, 6) is 0.396. The highest BCUT2D eigenvalue weighted by Gasteiger charge is 2.56. The van der Waals surface area contributed by atoms with Gasteiger partial charge >= 0.3 is 0 Å². The molecule has 1 fully saturated rings. The van der Waals surface area contributed by atoms with E-state index in [0.29, 0.717) is 21.6 Å². The Hall–Kier alpha value is -1.39. The molecule has 10 heteroatoms. The summed E-state index contributed by atoms with van der Waals surface area (Å²) in [4.78, 5) is 18.7. The Balaban J connectivity index is 1.69. The van der Waals surface area contributed by atoms with E-state index in [4.69, 9.17) is 28.2 Å². The molecule has 3 atom stereocenters. The summed E-state index contributed by atoms with van der Waals surface area (Å²) in [6, 6.07) is 13.0. The Labute approximate surface area is 245 Å². The van der Waals surface area contributed by atoms with Gasteiger partial charge in [0.15, 0.2) is 0 Å². The zero-order valence-electron chi connectivity index (χ0n) is 21.8. The monoisotopic (exact) mass is 636 g/mol. The van der Waals surface area contributed by atoms with Gasteiger partial charge in [-0.2, -0.15) is 0 Å². The van der Waals surface area contributed by atoms with Gasteiger partial charge in [0.25, 0.3) is 5.56 Å². The van der Waals surface area contributed by atoms with Crippen molar-refractivity contribution < 1.29 is 4.55 Å². The van der Waals surface area contributed by atoms with Gasteiger partial charge in [0.2, 0.25) is 0 Å². The molecule has 2 unspecified atom stereocenters. The quantitative estimate of drug-likeness (QED) is 0.332. The minimum Gasteiger partial charge on any atom is -0.598 e. The summed E-state index contributed by atoms with van der Waals surface area (Å²) < 4.78 is 19.0. The van der Waals surface area contributed by atoms with Crippen LogP contribution in [0.5, 0.6) is 0 Å². The first-order valence-electron chi connectivity index (χ1n) is 12.7. The molecular weight excluding hydrogens is 607 g/mol. The van der Waals surface area contributed by atoms with E-state index < -0.39 is 16.1 Å². The van der Waals surface area contributed by atoms with Crippen molar-refractivity contribution in [3.05, 3.63) is 90.0 Å². The topological polar surface area (TPSA) is 82.0 Å². The number of halogens is 3. The van der Waals surface area contributed by atoms with Crippen LogP contribution in [0.4, 0.5) is 0 Å². The van der Waals surface area contributed by atoms with E-state index in [1.54, 1.807) is 24.3 Å². The zero-order chi connectivity index (χ0) is 27.4. The molecule has 1 aliphatic heterocycles. The van der Waals surface area contributed by atoms with Gasteiger partial charge < -0.3 is 9.87 Å². The van der Waals surface area contributed by atoms with Crippen LogP contribution in [-0.4, -0.2) is 31.9 Å². The van der Waals surface area contributed by atoms with E-state index in [-0.39, 0.29) is 22.9 Å². The third-order valence-electron chi connectivity index (χ3n) is 7.71. The van der Waals surface area contributed by atoms with Crippen LogP contribution in [0, 0.1) is 12.3 Å². The molecule has 0 radical (unpaired) electrons. The van der Waals surface area contributed by atoms with Gasteiger partial charge in [-0.3, -0.25) is 9.36 Å². The minimum atomic E-state index is -1.28. The number of hydrogen-bond donors (Lipinski definition) is 2. The molecule has 38 heavy (non-hydrogen) atoms. The maximum atomic E-state index is 13.6. The largest absolute Gasteiger partial charge is 0.598 e. The third kappa shape index (κ3) is 4.87. The number of piperidine rings is 1. The van der Waals surface area contributed by atoms with Crippen molar-refractivity contribution >= 4 is 50.5 Å². The van der Waals surface area contributed by atoms with Crippen molar-refractivity contribution in [3.8, 4) is 5.69 Å². The third-order valence-corrected chi connectivity index (χ3v) is 10.6. The molecule has 6 nitrogen and oxygen atoms in total. The van der Waals surface area contributed by atoms with Crippen molar-refractivity contribution in [2.24, 2.45) is 5.41 Å². The molecule has 1 spiro atoms. The van der Waals surface area contributed by atoms with E-state index in [2.05, 4.69) is 38.1 Å². The minimum absolute atomic E-state index is 0.141. The lowest BCUT2D eigenvalue weighted by molar-refractivity contribution is 0.139. The summed E-state index contributed by atoms with van der Waals surface area (Å²) in [6.45, 7) is 9.42. The van der Waals surface area contributed by atoms with Gasteiger partial charge in [-0.15, -0.1) is 4.72 Å². The molecule has 1 saturated heterocycles. The van der Waals surface area contributed by atoms with E-state index >= 15 is 0 Å². The summed E-state index contributed by atoms with van der Waals surface area (Å²) in [7, 11) is 0. The average Bonchev–Trinajstić information content (AvgIpc) is 3.09. The highest BCUT2D eigenvalue weighted by molar-refractivity contribution is 9.10. The van der Waals surface area contributed by atoms with Crippen LogP contribution >= 0.6 is 39.1 Å². The number of fused-ring (bicyclic) bond motifs is 1. The van der Waals surface area contributed by atoms with E-state index in [1.807, 2.05) is 33.8 Å². The number of rotatable bonds is 4. The predicted molar refractivity (Wildman–Crippen MR) is 159 cm³/mol. The number of hydrogen-bond acceptors (Lipinski definition) is 5. The molecule has 3 aromatic rings. The summed E-state index contributed by atoms with van der Waals surface area (Å²) in [5, 5.41) is 4.18. The van der Waals surface area contributed by atoms with Crippen LogP contribution in [0.15, 0.2) is 51.7 Å². The van der Waals surface area contributed by atoms with Crippen molar-refractivity contribution in [3.63, 3.8) is 0 Å². The molecule has 2 aliphatic rings. The second-order valence-electron chi connectivity index (χ2n) is 11.1. The zero-order valence-corrected chi connectivity index (χ0v) is 25.7. The molecule has 0 bridgehead atoms. The molecule has 5 rings (SSSR count). The summed E-state index contributed by atoms with van der Waals surface area (Å²) in [5.41, 5.74) is 2.93. The molecule has 0 saturated carbocycles. The number of nitrogens with zero attached hydrogens (tertiary/aromatic N) is 2. The van der Waals surface area contributed by atoms with Crippen LogP contribution in [-0.2, 0) is 11.4 Å². The lowest BCUT2D eigenvalue weighted by Gasteiger charge is -2.44. The highest BCUT2D eigenvalue weighted by Crippen LogP contribution is 2.61. The lowest BCUT2D eigenvalue weighted by Crippen LogP contribution is -2.50. The van der Waals surface area contributed by atoms with Crippen LogP contribution in [0.25, 0.3) is 5.69 Å². The Morgan fingerprint density at radius 1 is 1.16 bits per heavy atom. The fourth-order valence-electron chi connectivity index (χ4n) is 5.96. The fraction of sp³-hybridized carbons (Fsp3) is 0.429. The van der Waals surface area contributed by atoms with Gasteiger partial charge in [-0.1, -0.05) is 51.3 Å². The Bertz CT molecular complexity index is 1440. The molecule has 2 aromatic carbocycles. The Morgan fingerprint density at radius 3 is 2.53 bits per heavy atom. The Kier molecular flexibility index (Phi) is 7.81. The van der Waals surface area contributed by atoms with Gasteiger partial charge in [-0.25, -0.2) is 4.98 Å². The number of aromatic nitrogens is 2. The number of aryl methyl sites for hydroxylation is 1. The lowest BCUT2D eigenvalue weighted by atomic mass is 9.66. The molecule has 2 N–H and O–H groups in total. The average molecular weight is 638 g/mol. The molecular formula is C28H31BrCl2N4O2S. The smallest absolute Gasteiger partial charge is 0.258 e. The molecule has 0 amide bonds. The van der Waals surface area contributed by atoms with Crippen LogP contribution in [0.3, 0.4) is 0 Å².